The molecule has 0 bridgehead atoms. The Hall–Kier alpha value is -1.56. The van der Waals surface area contributed by atoms with Crippen LogP contribution in [0.3, 0.4) is 0 Å². The van der Waals surface area contributed by atoms with Crippen LogP contribution in [0, 0.1) is 0 Å². The Morgan fingerprint density at radius 2 is 2.23 bits per heavy atom. The topological polar surface area (TPSA) is 41.6 Å². The van der Waals surface area contributed by atoms with Gasteiger partial charge in [0.05, 0.1) is 19.3 Å². The van der Waals surface area contributed by atoms with Gasteiger partial charge >= 0.3 is 0 Å². The Labute approximate surface area is 139 Å². The highest BCUT2D eigenvalue weighted by atomic mass is 35.5. The van der Waals surface area contributed by atoms with Gasteiger partial charge in [-0.1, -0.05) is 17.7 Å². The van der Waals surface area contributed by atoms with Crippen LogP contribution < -0.4 is 10.1 Å². The zero-order valence-corrected chi connectivity index (χ0v) is 14.4. The predicted octanol–water partition coefficient (Wildman–Crippen LogP) is 4.04. The number of nitrogens with one attached hydrogen (secondary N) is 1. The van der Waals surface area contributed by atoms with E-state index in [4.69, 9.17) is 16.3 Å². The van der Waals surface area contributed by atoms with Gasteiger partial charge in [0.1, 0.15) is 5.75 Å². The van der Waals surface area contributed by atoms with E-state index in [2.05, 4.69) is 18.3 Å². The minimum Gasteiger partial charge on any atom is -0.495 e. The Morgan fingerprint density at radius 3 is 2.86 bits per heavy atom. The fraction of sp³-hybridized carbons (Fsp3) is 0.312. The van der Waals surface area contributed by atoms with Gasteiger partial charge in [-0.3, -0.25) is 9.69 Å². The molecule has 1 unspecified atom stereocenters. The minimum absolute atomic E-state index is 0.105. The van der Waals surface area contributed by atoms with Gasteiger partial charge in [0, 0.05) is 15.9 Å². The summed E-state index contributed by atoms with van der Waals surface area (Å²) in [5.74, 6) is 0.484. The monoisotopic (exact) mass is 338 g/mol. The number of anilines is 1. The van der Waals surface area contributed by atoms with Gasteiger partial charge in [-0.25, -0.2) is 0 Å². The van der Waals surface area contributed by atoms with Crippen molar-refractivity contribution in [3.8, 4) is 5.75 Å². The number of benzene rings is 1. The Morgan fingerprint density at radius 1 is 1.45 bits per heavy atom. The van der Waals surface area contributed by atoms with Crippen LogP contribution in [0.5, 0.6) is 5.75 Å². The highest BCUT2D eigenvalue weighted by Crippen LogP contribution is 2.28. The van der Waals surface area contributed by atoms with Gasteiger partial charge in [-0.2, -0.15) is 0 Å². The lowest BCUT2D eigenvalue weighted by Crippen LogP contribution is -2.32. The Bertz CT molecular complexity index is 631. The number of carbonyl (C=O) groups excluding carboxylic acids is 1. The lowest BCUT2D eigenvalue weighted by atomic mass is 10.2. The second-order valence-electron chi connectivity index (χ2n) is 5.00. The van der Waals surface area contributed by atoms with E-state index in [-0.39, 0.29) is 18.5 Å². The Kier molecular flexibility index (Phi) is 5.83. The van der Waals surface area contributed by atoms with E-state index < -0.39 is 0 Å². The highest BCUT2D eigenvalue weighted by molar-refractivity contribution is 7.10. The standard InChI is InChI=1S/C16H19ClN2O2S/c1-11(15-5-4-8-22-15)19(2)10-16(20)18-13-9-12(17)6-7-14(13)21-3/h4-9,11H,10H2,1-3H3,(H,18,20). The third-order valence-electron chi connectivity index (χ3n) is 3.44. The molecule has 1 amide bonds. The molecule has 0 radical (unpaired) electrons. The van der Waals surface area contributed by atoms with Crippen molar-refractivity contribution in [3.63, 3.8) is 0 Å². The number of methoxy groups -OCH3 is 1. The predicted molar refractivity (Wildman–Crippen MR) is 92.0 cm³/mol. The van der Waals surface area contributed by atoms with Crippen LogP contribution in [0.15, 0.2) is 35.7 Å². The maximum atomic E-state index is 12.2. The van der Waals surface area contributed by atoms with E-state index in [0.29, 0.717) is 16.5 Å². The highest BCUT2D eigenvalue weighted by Gasteiger charge is 2.16. The molecule has 2 aromatic rings. The number of hydrogen-bond donors (Lipinski definition) is 1. The summed E-state index contributed by atoms with van der Waals surface area (Å²) in [5, 5.41) is 5.44. The first-order valence-electron chi connectivity index (χ1n) is 6.88. The van der Waals surface area contributed by atoms with Crippen molar-refractivity contribution in [3.05, 3.63) is 45.6 Å². The summed E-state index contributed by atoms with van der Waals surface area (Å²) in [4.78, 5) is 15.5. The summed E-state index contributed by atoms with van der Waals surface area (Å²) >= 11 is 7.65. The molecule has 2 rings (SSSR count). The van der Waals surface area contributed by atoms with E-state index in [0.717, 1.165) is 0 Å². The summed E-state index contributed by atoms with van der Waals surface area (Å²) in [7, 11) is 3.49. The number of thiophene rings is 1. The molecule has 1 aromatic heterocycles. The van der Waals surface area contributed by atoms with Gasteiger partial charge in [0.25, 0.3) is 0 Å². The molecule has 22 heavy (non-hydrogen) atoms. The van der Waals surface area contributed by atoms with Crippen molar-refractivity contribution in [2.24, 2.45) is 0 Å². The number of amides is 1. The molecule has 0 aliphatic rings. The Balaban J connectivity index is 1.99. The van der Waals surface area contributed by atoms with Crippen molar-refractivity contribution in [1.82, 2.24) is 4.90 Å². The quantitative estimate of drug-likeness (QED) is 0.864. The average molecular weight is 339 g/mol. The third kappa shape index (κ3) is 4.22. The first kappa shape index (κ1) is 16.8. The molecule has 1 N–H and O–H groups in total. The van der Waals surface area contributed by atoms with Crippen LogP contribution in [0.25, 0.3) is 0 Å². The van der Waals surface area contributed by atoms with E-state index in [9.17, 15) is 4.79 Å². The molecular formula is C16H19ClN2O2S. The molecule has 0 aliphatic heterocycles. The van der Waals surface area contributed by atoms with Crippen LogP contribution in [-0.2, 0) is 4.79 Å². The second kappa shape index (κ2) is 7.63. The summed E-state index contributed by atoms with van der Waals surface area (Å²) < 4.78 is 5.23. The molecule has 1 heterocycles. The fourth-order valence-electron chi connectivity index (χ4n) is 2.08. The van der Waals surface area contributed by atoms with Crippen LogP contribution in [0.4, 0.5) is 5.69 Å². The van der Waals surface area contributed by atoms with E-state index in [1.807, 2.05) is 23.4 Å². The maximum absolute atomic E-state index is 12.2. The van der Waals surface area contributed by atoms with Gasteiger partial charge in [0.15, 0.2) is 0 Å². The lowest BCUT2D eigenvalue weighted by molar-refractivity contribution is -0.117. The third-order valence-corrected chi connectivity index (χ3v) is 4.72. The lowest BCUT2D eigenvalue weighted by Gasteiger charge is -2.23. The summed E-state index contributed by atoms with van der Waals surface area (Å²) in [5.41, 5.74) is 0.581. The summed E-state index contributed by atoms with van der Waals surface area (Å²) in [6.45, 7) is 2.37. The van der Waals surface area contributed by atoms with Gasteiger partial charge in [-0.15, -0.1) is 11.3 Å². The van der Waals surface area contributed by atoms with Crippen molar-refractivity contribution in [2.75, 3.05) is 26.0 Å². The molecular weight excluding hydrogens is 320 g/mol. The molecule has 0 fully saturated rings. The minimum atomic E-state index is -0.105. The van der Waals surface area contributed by atoms with Crippen molar-refractivity contribution in [1.29, 1.82) is 0 Å². The van der Waals surface area contributed by atoms with Crippen molar-refractivity contribution in [2.45, 2.75) is 13.0 Å². The maximum Gasteiger partial charge on any atom is 0.238 e. The number of nitrogens with zero attached hydrogens (tertiary/aromatic N) is 1. The van der Waals surface area contributed by atoms with Gasteiger partial charge in [-0.05, 0) is 43.6 Å². The molecule has 6 heteroatoms. The number of rotatable bonds is 6. The van der Waals surface area contributed by atoms with Gasteiger partial charge < -0.3 is 10.1 Å². The van der Waals surface area contributed by atoms with E-state index in [1.54, 1.807) is 36.6 Å². The molecule has 1 aromatic carbocycles. The largest absolute Gasteiger partial charge is 0.495 e. The average Bonchev–Trinajstić information content (AvgIpc) is 3.00. The number of halogens is 1. The number of likely N-dealkylation sites (N-methyl/N-ethyl adjacent to an activating group) is 1. The molecule has 118 valence electrons. The molecule has 1 atom stereocenters. The summed E-state index contributed by atoms with van der Waals surface area (Å²) in [6.07, 6.45) is 0. The molecule has 0 saturated carbocycles. The zero-order valence-electron chi connectivity index (χ0n) is 12.8. The van der Waals surface area contributed by atoms with Crippen LogP contribution >= 0.6 is 22.9 Å². The summed E-state index contributed by atoms with van der Waals surface area (Å²) in [6, 6.07) is 9.41. The molecule has 0 spiro atoms. The second-order valence-corrected chi connectivity index (χ2v) is 6.41. The molecule has 0 saturated heterocycles. The number of ether oxygens (including phenoxy) is 1. The molecule has 4 nitrogen and oxygen atoms in total. The normalized spacial score (nSPS) is 12.2. The van der Waals surface area contributed by atoms with Crippen LogP contribution in [0.2, 0.25) is 5.02 Å². The zero-order chi connectivity index (χ0) is 16.1. The van der Waals surface area contributed by atoms with Crippen LogP contribution in [-0.4, -0.2) is 31.5 Å². The van der Waals surface area contributed by atoms with Crippen molar-refractivity contribution < 1.29 is 9.53 Å². The van der Waals surface area contributed by atoms with E-state index in [1.165, 1.54) is 4.88 Å². The molecule has 0 aliphatic carbocycles. The number of hydrogen-bond acceptors (Lipinski definition) is 4. The van der Waals surface area contributed by atoms with Crippen molar-refractivity contribution >= 4 is 34.5 Å². The van der Waals surface area contributed by atoms with Gasteiger partial charge in [0.2, 0.25) is 5.91 Å². The SMILES string of the molecule is COc1ccc(Cl)cc1NC(=O)CN(C)C(C)c1cccs1. The smallest absolute Gasteiger partial charge is 0.238 e. The first-order chi connectivity index (χ1) is 10.5. The fourth-order valence-corrected chi connectivity index (χ4v) is 3.10. The first-order valence-corrected chi connectivity index (χ1v) is 8.14. The number of carbonyl (C=O) groups is 1. The van der Waals surface area contributed by atoms with Crippen LogP contribution in [0.1, 0.15) is 17.8 Å². The van der Waals surface area contributed by atoms with E-state index >= 15 is 0 Å².